The third-order valence-corrected chi connectivity index (χ3v) is 2.83. The lowest BCUT2D eigenvalue weighted by Crippen LogP contribution is -2.44. The van der Waals surface area contributed by atoms with Gasteiger partial charge in [-0.3, -0.25) is 9.59 Å². The molecule has 0 saturated carbocycles. The van der Waals surface area contributed by atoms with Crippen molar-refractivity contribution in [2.45, 2.75) is 13.5 Å². The number of carbonyl (C=O) groups is 2. The minimum Gasteiger partial charge on any atom is -0.395 e. The Hall–Kier alpha value is -1.88. The molecule has 0 radical (unpaired) electrons. The molecule has 19 heavy (non-hydrogen) atoms. The normalized spacial score (nSPS) is 10.1. The zero-order valence-electron chi connectivity index (χ0n) is 11.4. The molecule has 0 atom stereocenters. The fraction of sp³-hybridized carbons (Fsp3) is 0.429. The van der Waals surface area contributed by atoms with E-state index in [0.717, 1.165) is 5.56 Å². The van der Waals surface area contributed by atoms with Gasteiger partial charge in [0.25, 0.3) is 0 Å². The molecule has 0 heterocycles. The number of rotatable bonds is 5. The molecule has 0 aliphatic carbocycles. The van der Waals surface area contributed by atoms with Crippen LogP contribution in [0, 0.1) is 0 Å². The highest BCUT2D eigenvalue weighted by molar-refractivity contribution is 6.34. The number of hydrogen-bond acceptors (Lipinski definition) is 3. The van der Waals surface area contributed by atoms with Gasteiger partial charge in [-0.05, 0) is 12.5 Å². The third kappa shape index (κ3) is 4.37. The molecule has 0 unspecified atom stereocenters. The summed E-state index contributed by atoms with van der Waals surface area (Å²) in [5.74, 6) is -1.13. The van der Waals surface area contributed by atoms with Crippen LogP contribution in [-0.2, 0) is 16.1 Å². The largest absolute Gasteiger partial charge is 0.395 e. The molecular formula is C14H20N2O3. The first-order valence-electron chi connectivity index (χ1n) is 6.29. The minimum atomic E-state index is -0.574. The van der Waals surface area contributed by atoms with E-state index in [1.54, 1.807) is 14.0 Å². The fourth-order valence-electron chi connectivity index (χ4n) is 1.75. The highest BCUT2D eigenvalue weighted by atomic mass is 16.3. The number of carbonyl (C=O) groups excluding carboxylic acids is 2. The molecule has 2 amide bonds. The van der Waals surface area contributed by atoms with Crippen LogP contribution in [-0.4, -0.2) is 53.5 Å². The summed E-state index contributed by atoms with van der Waals surface area (Å²) in [6.45, 7) is 2.61. The van der Waals surface area contributed by atoms with Crippen molar-refractivity contribution in [1.29, 1.82) is 0 Å². The van der Waals surface area contributed by atoms with Crippen molar-refractivity contribution in [2.75, 3.05) is 26.7 Å². The predicted octanol–water partition coefficient (Wildman–Crippen LogP) is 0.486. The van der Waals surface area contributed by atoms with Crippen LogP contribution in [0.4, 0.5) is 0 Å². The second kappa shape index (κ2) is 7.53. The van der Waals surface area contributed by atoms with Gasteiger partial charge in [-0.2, -0.15) is 0 Å². The first-order valence-corrected chi connectivity index (χ1v) is 6.29. The molecule has 0 saturated heterocycles. The lowest BCUT2D eigenvalue weighted by molar-refractivity contribution is -0.151. The second-order valence-electron chi connectivity index (χ2n) is 4.26. The Labute approximate surface area is 113 Å². The number of hydrogen-bond donors (Lipinski definition) is 1. The monoisotopic (exact) mass is 264 g/mol. The van der Waals surface area contributed by atoms with Gasteiger partial charge in [-0.1, -0.05) is 30.3 Å². The van der Waals surface area contributed by atoms with Gasteiger partial charge < -0.3 is 14.9 Å². The maximum atomic E-state index is 12.0. The first kappa shape index (κ1) is 15.2. The Bertz CT molecular complexity index is 420. The Morgan fingerprint density at radius 2 is 1.79 bits per heavy atom. The smallest absolute Gasteiger partial charge is 0.312 e. The van der Waals surface area contributed by atoms with E-state index in [9.17, 15) is 9.59 Å². The molecule has 0 spiro atoms. The van der Waals surface area contributed by atoms with Crippen molar-refractivity contribution in [3.05, 3.63) is 35.9 Å². The van der Waals surface area contributed by atoms with E-state index in [0.29, 0.717) is 13.1 Å². The Balaban J connectivity index is 2.63. The molecule has 1 N–H and O–H groups in total. The topological polar surface area (TPSA) is 60.9 Å². The van der Waals surface area contributed by atoms with Crippen LogP contribution >= 0.6 is 0 Å². The molecule has 1 rings (SSSR count). The van der Waals surface area contributed by atoms with Crippen LogP contribution in [0.2, 0.25) is 0 Å². The molecule has 104 valence electrons. The number of likely N-dealkylation sites (N-methyl/N-ethyl adjacent to an activating group) is 2. The zero-order chi connectivity index (χ0) is 14.3. The minimum absolute atomic E-state index is 0.144. The highest BCUT2D eigenvalue weighted by Gasteiger charge is 2.23. The Morgan fingerprint density at radius 1 is 1.16 bits per heavy atom. The summed E-state index contributed by atoms with van der Waals surface area (Å²) in [4.78, 5) is 26.6. The van der Waals surface area contributed by atoms with Gasteiger partial charge in [0.2, 0.25) is 0 Å². The number of nitrogens with zero attached hydrogens (tertiary/aromatic N) is 2. The van der Waals surface area contributed by atoms with E-state index < -0.39 is 11.8 Å². The lowest BCUT2D eigenvalue weighted by Gasteiger charge is -2.23. The average molecular weight is 264 g/mol. The molecule has 1 aromatic rings. The SMILES string of the molecule is CCN(CCO)C(=O)C(=O)N(C)Cc1ccccc1. The third-order valence-electron chi connectivity index (χ3n) is 2.83. The molecule has 5 heteroatoms. The van der Waals surface area contributed by atoms with Crippen molar-refractivity contribution < 1.29 is 14.7 Å². The summed E-state index contributed by atoms with van der Waals surface area (Å²) in [5, 5.41) is 8.85. The van der Waals surface area contributed by atoms with Gasteiger partial charge in [0, 0.05) is 26.7 Å². The zero-order valence-corrected chi connectivity index (χ0v) is 11.4. The summed E-state index contributed by atoms with van der Waals surface area (Å²) in [5.41, 5.74) is 0.969. The van der Waals surface area contributed by atoms with E-state index in [1.165, 1.54) is 9.80 Å². The average Bonchev–Trinajstić information content (AvgIpc) is 2.44. The first-order chi connectivity index (χ1) is 9.10. The van der Waals surface area contributed by atoms with Crippen LogP contribution in [0.15, 0.2) is 30.3 Å². The van der Waals surface area contributed by atoms with E-state index in [2.05, 4.69) is 0 Å². The Morgan fingerprint density at radius 3 is 2.32 bits per heavy atom. The summed E-state index contributed by atoms with van der Waals surface area (Å²) >= 11 is 0. The van der Waals surface area contributed by atoms with Gasteiger partial charge in [0.05, 0.1) is 6.61 Å². The Kier molecular flexibility index (Phi) is 6.02. The predicted molar refractivity (Wildman–Crippen MR) is 72.3 cm³/mol. The number of aliphatic hydroxyl groups is 1. The van der Waals surface area contributed by atoms with Gasteiger partial charge in [0.15, 0.2) is 0 Å². The maximum Gasteiger partial charge on any atom is 0.312 e. The second-order valence-corrected chi connectivity index (χ2v) is 4.26. The molecular weight excluding hydrogens is 244 g/mol. The van der Waals surface area contributed by atoms with Crippen LogP contribution in [0.25, 0.3) is 0 Å². The standard InChI is InChI=1S/C14H20N2O3/c1-3-16(9-10-17)14(19)13(18)15(2)11-12-7-5-4-6-8-12/h4-8,17H,3,9-11H2,1-2H3. The molecule has 1 aromatic carbocycles. The van der Waals surface area contributed by atoms with Gasteiger partial charge >= 0.3 is 11.8 Å². The molecule has 0 aliphatic heterocycles. The van der Waals surface area contributed by atoms with Crippen molar-refractivity contribution in [3.63, 3.8) is 0 Å². The molecule has 0 fully saturated rings. The lowest BCUT2D eigenvalue weighted by atomic mass is 10.2. The summed E-state index contributed by atoms with van der Waals surface area (Å²) < 4.78 is 0. The molecule has 0 aliphatic rings. The molecule has 5 nitrogen and oxygen atoms in total. The van der Waals surface area contributed by atoms with E-state index in [1.807, 2.05) is 30.3 Å². The van der Waals surface area contributed by atoms with Crippen LogP contribution in [0.1, 0.15) is 12.5 Å². The van der Waals surface area contributed by atoms with E-state index in [4.69, 9.17) is 5.11 Å². The summed E-state index contributed by atoms with van der Waals surface area (Å²) in [6.07, 6.45) is 0. The van der Waals surface area contributed by atoms with Crippen molar-refractivity contribution in [1.82, 2.24) is 9.80 Å². The number of aliphatic hydroxyl groups excluding tert-OH is 1. The van der Waals surface area contributed by atoms with Crippen LogP contribution in [0.3, 0.4) is 0 Å². The van der Waals surface area contributed by atoms with Gasteiger partial charge in [0.1, 0.15) is 0 Å². The quantitative estimate of drug-likeness (QED) is 0.787. The number of amides is 2. The molecule has 0 bridgehead atoms. The van der Waals surface area contributed by atoms with Crippen molar-refractivity contribution >= 4 is 11.8 Å². The summed E-state index contributed by atoms with van der Waals surface area (Å²) in [6, 6.07) is 9.48. The van der Waals surface area contributed by atoms with Crippen molar-refractivity contribution in [3.8, 4) is 0 Å². The van der Waals surface area contributed by atoms with Crippen LogP contribution in [0.5, 0.6) is 0 Å². The maximum absolute atomic E-state index is 12.0. The van der Waals surface area contributed by atoms with Crippen molar-refractivity contribution in [2.24, 2.45) is 0 Å². The van der Waals surface area contributed by atoms with E-state index >= 15 is 0 Å². The van der Waals surface area contributed by atoms with Crippen LogP contribution < -0.4 is 0 Å². The summed E-state index contributed by atoms with van der Waals surface area (Å²) in [7, 11) is 1.60. The van der Waals surface area contributed by atoms with Gasteiger partial charge in [-0.15, -0.1) is 0 Å². The molecule has 0 aromatic heterocycles. The van der Waals surface area contributed by atoms with Gasteiger partial charge in [-0.25, -0.2) is 0 Å². The highest BCUT2D eigenvalue weighted by Crippen LogP contribution is 2.04. The number of benzene rings is 1. The fourth-order valence-corrected chi connectivity index (χ4v) is 1.75. The van der Waals surface area contributed by atoms with E-state index in [-0.39, 0.29) is 13.2 Å².